The van der Waals surface area contributed by atoms with Crippen molar-refractivity contribution in [2.45, 2.75) is 38.3 Å². The van der Waals surface area contributed by atoms with Gasteiger partial charge in [-0.25, -0.2) is 4.79 Å². The normalized spacial score (nSPS) is 19.6. The van der Waals surface area contributed by atoms with Crippen molar-refractivity contribution in [1.29, 1.82) is 0 Å². The van der Waals surface area contributed by atoms with Gasteiger partial charge >= 0.3 is 20.9 Å². The van der Waals surface area contributed by atoms with Gasteiger partial charge < -0.3 is 24.6 Å². The fourth-order valence-electron chi connectivity index (χ4n) is 3.91. The average Bonchev–Trinajstić information content (AvgIpc) is 3.29. The molecule has 2 aliphatic rings. The van der Waals surface area contributed by atoms with E-state index in [1.807, 2.05) is 5.38 Å². The van der Waals surface area contributed by atoms with E-state index >= 15 is 0 Å². The van der Waals surface area contributed by atoms with Crippen LogP contribution in [0, 0.1) is 0 Å². The van der Waals surface area contributed by atoms with Crippen molar-refractivity contribution in [3.8, 4) is 0 Å². The van der Waals surface area contributed by atoms with Gasteiger partial charge in [-0.05, 0) is 30.7 Å². The first-order valence-corrected chi connectivity index (χ1v) is 10.7. The molecule has 3 heterocycles. The second-order valence-corrected chi connectivity index (χ2v) is 7.99. The number of rotatable bonds is 12. The van der Waals surface area contributed by atoms with Crippen molar-refractivity contribution in [2.24, 2.45) is 4.90 Å². The topological polar surface area (TPSA) is 108 Å². The van der Waals surface area contributed by atoms with Gasteiger partial charge in [-0.2, -0.15) is 5.06 Å². The van der Waals surface area contributed by atoms with Gasteiger partial charge in [-0.3, -0.25) is 9.63 Å². The molecule has 0 aliphatic carbocycles. The number of nitrogens with zero attached hydrogens (tertiary/aromatic N) is 3. The van der Waals surface area contributed by atoms with E-state index in [4.69, 9.17) is 4.84 Å². The molecule has 0 aromatic carbocycles. The molecule has 3 rings (SSSR count). The smallest absolute Gasteiger partial charge is 0.355 e. The Labute approximate surface area is 186 Å². The first kappa shape index (κ1) is 23.0. The van der Waals surface area contributed by atoms with E-state index in [1.54, 1.807) is 11.0 Å². The molecule has 2 atom stereocenters. The number of amides is 2. The second-order valence-electron chi connectivity index (χ2n) is 7.07. The Morgan fingerprint density at radius 3 is 2.94 bits per heavy atom. The van der Waals surface area contributed by atoms with E-state index < -0.39 is 6.04 Å². The summed E-state index contributed by atoms with van der Waals surface area (Å²) in [6, 6.07) is -1.19. The summed E-state index contributed by atoms with van der Waals surface area (Å²) in [5.41, 5.74) is 1.89. The van der Waals surface area contributed by atoms with Gasteiger partial charge in [0.05, 0.1) is 19.0 Å². The van der Waals surface area contributed by atoms with Crippen LogP contribution in [0.15, 0.2) is 22.9 Å². The zero-order valence-corrected chi connectivity index (χ0v) is 18.0. The van der Waals surface area contributed by atoms with Crippen LogP contribution in [-0.2, 0) is 25.6 Å². The summed E-state index contributed by atoms with van der Waals surface area (Å²) >= 11 is 1.53. The molecule has 1 aromatic heterocycles. The van der Waals surface area contributed by atoms with E-state index in [0.717, 1.165) is 23.4 Å². The molecular weight excluding hydrogens is 418 g/mol. The number of Topliss-reactive ketones (excluding diaryl/α,β-unsaturated/α-hetero) is 1. The van der Waals surface area contributed by atoms with Crippen molar-refractivity contribution in [2.75, 3.05) is 13.2 Å². The molecule has 9 nitrogen and oxygen atoms in total. The number of carbonyl (C=O) groups excluding carboxylic acids is 4. The summed E-state index contributed by atoms with van der Waals surface area (Å²) < 4.78 is 0. The number of amidine groups is 1. The van der Waals surface area contributed by atoms with E-state index in [-0.39, 0.29) is 24.5 Å². The van der Waals surface area contributed by atoms with Crippen molar-refractivity contribution < 1.29 is 24.0 Å². The van der Waals surface area contributed by atoms with Crippen LogP contribution < -0.4 is 5.23 Å². The minimum atomic E-state index is -0.629. The van der Waals surface area contributed by atoms with E-state index in [9.17, 15) is 19.2 Å². The predicted molar refractivity (Wildman–Crippen MR) is 119 cm³/mol. The lowest BCUT2D eigenvalue weighted by Gasteiger charge is -2.30. The lowest BCUT2D eigenvalue weighted by Crippen LogP contribution is -2.37. The number of hydrogen-bond donors (Lipinski definition) is 1. The standard InChI is InChI=1S/C19H22B2N4O5S/c1-3-7-30-25-14-8-24(19(25)29)17(12(2)28)16-13(9-31-18(14)16)5-4-6-15(22-20-10-26)23-21-11-27/h3,9-11,14,17H,1,4-8H2,2H3,(H,22,23)/t14?,17-/m1/s1. The molecule has 1 fully saturated rings. The van der Waals surface area contributed by atoms with Gasteiger partial charge in [0.1, 0.15) is 24.5 Å². The number of carbonyl (C=O) groups is 4. The third kappa shape index (κ3) is 4.80. The lowest BCUT2D eigenvalue weighted by atomic mass is 9.90. The van der Waals surface area contributed by atoms with Crippen LogP contribution in [-0.4, -0.2) is 68.0 Å². The molecule has 2 aliphatic heterocycles. The highest BCUT2D eigenvalue weighted by Gasteiger charge is 2.51. The van der Waals surface area contributed by atoms with E-state index in [1.165, 1.54) is 30.7 Å². The number of hydroxylamine groups is 2. The summed E-state index contributed by atoms with van der Waals surface area (Å²) in [5.74, 6) is 0.401. The molecule has 1 saturated heterocycles. The number of hydrogen-bond acceptors (Lipinski definition) is 7. The van der Waals surface area contributed by atoms with Crippen molar-refractivity contribution in [3.63, 3.8) is 0 Å². The SMILES string of the molecule is C=CCON1C(=O)N2CC1c1scc(CCCC(=N[B]C=O)N[B]C=O)c1[C@H]2C(C)=O. The third-order valence-corrected chi connectivity index (χ3v) is 6.25. The van der Waals surface area contributed by atoms with Crippen LogP contribution in [0.3, 0.4) is 0 Å². The van der Waals surface area contributed by atoms with E-state index in [2.05, 4.69) is 16.7 Å². The van der Waals surface area contributed by atoms with Crippen molar-refractivity contribution in [1.82, 2.24) is 15.2 Å². The number of thiophene rings is 1. The zero-order chi connectivity index (χ0) is 22.4. The molecule has 1 N–H and O–H groups in total. The van der Waals surface area contributed by atoms with Crippen LogP contribution in [0.2, 0.25) is 0 Å². The Hall–Kier alpha value is -2.72. The van der Waals surface area contributed by atoms with Gasteiger partial charge in [0.25, 0.3) is 0 Å². The Bertz CT molecular complexity index is 906. The maximum Gasteiger partial charge on any atom is 0.355 e. The molecule has 160 valence electrons. The van der Waals surface area contributed by atoms with Crippen LogP contribution in [0.5, 0.6) is 0 Å². The van der Waals surface area contributed by atoms with Gasteiger partial charge in [0.2, 0.25) is 0 Å². The minimum absolute atomic E-state index is 0.0941. The monoisotopic (exact) mass is 440 g/mol. The molecule has 31 heavy (non-hydrogen) atoms. The highest BCUT2D eigenvalue weighted by atomic mass is 32.1. The Morgan fingerprint density at radius 2 is 2.26 bits per heavy atom. The molecule has 12 heteroatoms. The van der Waals surface area contributed by atoms with Crippen LogP contribution >= 0.6 is 11.3 Å². The lowest BCUT2D eigenvalue weighted by molar-refractivity contribution is -0.121. The summed E-state index contributed by atoms with van der Waals surface area (Å²) in [4.78, 5) is 58.6. The summed E-state index contributed by atoms with van der Waals surface area (Å²) in [6.45, 7) is 5.74. The molecule has 1 aromatic rings. The Morgan fingerprint density at radius 1 is 1.45 bits per heavy atom. The number of urea groups is 1. The maximum absolute atomic E-state index is 12.8. The molecular formula is C19H22B2N4O5S. The Balaban J connectivity index is 1.79. The van der Waals surface area contributed by atoms with Gasteiger partial charge in [-0.15, -0.1) is 17.9 Å². The number of nitrogens with one attached hydrogen (secondary N) is 1. The summed E-state index contributed by atoms with van der Waals surface area (Å²) in [5, 5.41) is 6.14. The minimum Gasteiger partial charge on any atom is -0.415 e. The quantitative estimate of drug-likeness (QED) is 0.172. The van der Waals surface area contributed by atoms with Crippen LogP contribution in [0.4, 0.5) is 4.79 Å². The van der Waals surface area contributed by atoms with Crippen molar-refractivity contribution in [3.05, 3.63) is 34.0 Å². The molecule has 2 radical (unpaired) electrons. The van der Waals surface area contributed by atoms with Gasteiger partial charge in [-0.1, -0.05) is 6.08 Å². The Kier molecular flexibility index (Phi) is 7.80. The highest BCUT2D eigenvalue weighted by Crippen LogP contribution is 2.48. The van der Waals surface area contributed by atoms with Crippen molar-refractivity contribution >= 4 is 56.2 Å². The molecule has 0 spiro atoms. The molecule has 2 amide bonds. The number of fused-ring (bicyclic) bond motifs is 4. The first-order valence-electron chi connectivity index (χ1n) is 9.84. The maximum atomic E-state index is 12.8. The number of ketones is 1. The molecule has 1 unspecified atom stereocenters. The van der Waals surface area contributed by atoms with Crippen LogP contribution in [0.1, 0.15) is 47.9 Å². The molecule has 0 saturated carbocycles. The predicted octanol–water partition coefficient (Wildman–Crippen LogP) is 1.22. The summed E-state index contributed by atoms with van der Waals surface area (Å²) in [6.07, 6.45) is 4.58. The van der Waals surface area contributed by atoms with Crippen LogP contribution in [0.25, 0.3) is 0 Å². The highest BCUT2D eigenvalue weighted by molar-refractivity contribution is 7.10. The summed E-state index contributed by atoms with van der Waals surface area (Å²) in [7, 11) is 2.33. The molecule has 2 bridgehead atoms. The second kappa shape index (κ2) is 10.5. The zero-order valence-electron chi connectivity index (χ0n) is 17.2. The van der Waals surface area contributed by atoms with E-state index in [0.29, 0.717) is 44.0 Å². The largest absolute Gasteiger partial charge is 0.415 e. The average molecular weight is 440 g/mol. The fourth-order valence-corrected chi connectivity index (χ4v) is 5.12. The first-order chi connectivity index (χ1) is 15.0. The van der Waals surface area contributed by atoms with Gasteiger partial charge in [0, 0.05) is 16.9 Å². The third-order valence-electron chi connectivity index (χ3n) is 5.10. The number of aryl methyl sites for hydroxylation is 1. The van der Waals surface area contributed by atoms with Gasteiger partial charge in [0.15, 0.2) is 5.78 Å². The fraction of sp³-hybridized carbons (Fsp3) is 0.421.